The van der Waals surface area contributed by atoms with Crippen molar-refractivity contribution in [2.45, 2.75) is 29.8 Å². The van der Waals surface area contributed by atoms with Crippen LogP contribution >= 0.6 is 11.6 Å². The van der Waals surface area contributed by atoms with Gasteiger partial charge >= 0.3 is 6.09 Å². The molecule has 31 heavy (non-hydrogen) atoms. The van der Waals surface area contributed by atoms with Gasteiger partial charge in [-0.15, -0.1) is 0 Å². The number of ether oxygens (including phenoxy) is 1. The summed E-state index contributed by atoms with van der Waals surface area (Å²) in [6.07, 6.45) is 8.86. The Bertz CT molecular complexity index is 1190. The number of sulfonamides is 1. The summed E-state index contributed by atoms with van der Waals surface area (Å²) in [6.45, 7) is 1.09. The highest BCUT2D eigenvalue weighted by Gasteiger charge is 2.42. The van der Waals surface area contributed by atoms with Gasteiger partial charge in [-0.25, -0.2) is 13.2 Å². The van der Waals surface area contributed by atoms with Gasteiger partial charge < -0.3 is 4.74 Å². The van der Waals surface area contributed by atoms with E-state index in [1.54, 1.807) is 23.1 Å². The molecule has 1 amide bonds. The highest BCUT2D eigenvalue weighted by molar-refractivity contribution is 7.89. The topological polar surface area (TPSA) is 66.9 Å². The second kappa shape index (κ2) is 7.97. The number of allylic oxidation sites excluding steroid dienone is 2. The summed E-state index contributed by atoms with van der Waals surface area (Å²) in [5.41, 5.74) is 0. The number of halogens is 1. The first-order chi connectivity index (χ1) is 15.0. The van der Waals surface area contributed by atoms with Crippen LogP contribution in [0.2, 0.25) is 5.02 Å². The van der Waals surface area contributed by atoms with Gasteiger partial charge in [0.2, 0.25) is 10.0 Å². The van der Waals surface area contributed by atoms with Gasteiger partial charge in [0.25, 0.3) is 0 Å². The lowest BCUT2D eigenvalue weighted by Gasteiger charge is -2.45. The van der Waals surface area contributed by atoms with Crippen LogP contribution in [0.1, 0.15) is 12.8 Å². The fraction of sp³-hybridized carbons (Fsp3) is 0.348. The maximum absolute atomic E-state index is 13.4. The number of cyclic esters (lactones) is 1. The van der Waals surface area contributed by atoms with Gasteiger partial charge in [0.1, 0.15) is 6.61 Å². The van der Waals surface area contributed by atoms with Gasteiger partial charge in [0.15, 0.2) is 0 Å². The maximum Gasteiger partial charge on any atom is 0.410 e. The normalized spacial score (nSPS) is 24.9. The smallest absolute Gasteiger partial charge is 0.410 e. The molecule has 162 valence electrons. The van der Waals surface area contributed by atoms with Gasteiger partial charge in [-0.3, -0.25) is 4.90 Å². The average molecular weight is 459 g/mol. The zero-order chi connectivity index (χ0) is 21.6. The molecule has 2 fully saturated rings. The minimum atomic E-state index is -3.68. The minimum Gasteiger partial charge on any atom is -0.449 e. The molecule has 0 spiro atoms. The van der Waals surface area contributed by atoms with E-state index in [1.165, 1.54) is 4.31 Å². The number of hydrogen-bond acceptors (Lipinski definition) is 4. The number of piperidine rings is 1. The van der Waals surface area contributed by atoms with Gasteiger partial charge in [0.05, 0.1) is 10.9 Å². The third kappa shape index (κ3) is 3.54. The molecule has 6 nitrogen and oxygen atoms in total. The predicted octanol–water partition coefficient (Wildman–Crippen LogP) is 4.21. The first-order valence-electron chi connectivity index (χ1n) is 10.4. The van der Waals surface area contributed by atoms with Crippen LogP contribution in [-0.4, -0.2) is 55.5 Å². The van der Waals surface area contributed by atoms with E-state index >= 15 is 0 Å². The van der Waals surface area contributed by atoms with E-state index in [0.29, 0.717) is 42.9 Å². The quantitative estimate of drug-likeness (QED) is 0.691. The Morgan fingerprint density at radius 2 is 1.68 bits per heavy atom. The monoisotopic (exact) mass is 458 g/mol. The number of benzene rings is 2. The molecule has 3 aliphatic rings. The Balaban J connectivity index is 1.37. The van der Waals surface area contributed by atoms with E-state index in [1.807, 2.05) is 36.4 Å². The molecule has 0 aromatic heterocycles. The van der Waals surface area contributed by atoms with Crippen molar-refractivity contribution >= 4 is 38.5 Å². The van der Waals surface area contributed by atoms with Crippen molar-refractivity contribution in [2.24, 2.45) is 5.92 Å². The van der Waals surface area contributed by atoms with Gasteiger partial charge in [-0.05, 0) is 25.0 Å². The van der Waals surface area contributed by atoms with E-state index in [2.05, 4.69) is 6.08 Å². The van der Waals surface area contributed by atoms with E-state index in [-0.39, 0.29) is 29.0 Å². The Kier molecular flexibility index (Phi) is 5.28. The maximum atomic E-state index is 13.4. The summed E-state index contributed by atoms with van der Waals surface area (Å²) >= 11 is 6.27. The number of hydrogen-bond donors (Lipinski definition) is 0. The lowest BCUT2D eigenvalue weighted by molar-refractivity contribution is 0.00619. The molecular formula is C23H23ClN2O4S. The van der Waals surface area contributed by atoms with Crippen LogP contribution in [0.5, 0.6) is 0 Å². The zero-order valence-electron chi connectivity index (χ0n) is 16.9. The van der Waals surface area contributed by atoms with Crippen molar-refractivity contribution in [2.75, 3.05) is 19.7 Å². The molecule has 8 heteroatoms. The Labute approximate surface area is 186 Å². The standard InChI is InChI=1S/C23H23ClN2O4S/c24-20-9-10-22(19-7-3-2-6-18(19)20)31(28,29)25-13-11-17(12-14-25)26-21-8-4-1-5-16(21)15-30-23(26)27/h1-10,16-17,21H,11-15H2. The van der Waals surface area contributed by atoms with Crippen molar-refractivity contribution in [1.29, 1.82) is 0 Å². The number of carbonyl (C=O) groups excluding carboxylic acids is 1. The Hall–Kier alpha value is -2.35. The van der Waals surface area contributed by atoms with Crippen LogP contribution < -0.4 is 0 Å². The van der Waals surface area contributed by atoms with E-state index in [9.17, 15) is 13.2 Å². The summed E-state index contributed by atoms with van der Waals surface area (Å²) in [5.74, 6) is 0.143. The average Bonchev–Trinajstić information content (AvgIpc) is 2.79. The fourth-order valence-corrected chi connectivity index (χ4v) is 6.70. The van der Waals surface area contributed by atoms with Crippen LogP contribution in [0.4, 0.5) is 4.79 Å². The Morgan fingerprint density at radius 3 is 2.45 bits per heavy atom. The number of nitrogens with zero attached hydrogens (tertiary/aromatic N) is 2. The summed E-state index contributed by atoms with van der Waals surface area (Å²) in [5, 5.41) is 1.87. The lowest BCUT2D eigenvalue weighted by Crippen LogP contribution is -2.57. The zero-order valence-corrected chi connectivity index (χ0v) is 18.4. The summed E-state index contributed by atoms with van der Waals surface area (Å²) in [4.78, 5) is 14.6. The number of rotatable bonds is 3. The van der Waals surface area contributed by atoms with Gasteiger partial charge in [0, 0.05) is 40.8 Å². The van der Waals surface area contributed by atoms with Crippen molar-refractivity contribution < 1.29 is 17.9 Å². The molecule has 2 atom stereocenters. The van der Waals surface area contributed by atoms with Crippen molar-refractivity contribution in [3.63, 3.8) is 0 Å². The van der Waals surface area contributed by atoms with Gasteiger partial charge in [-0.2, -0.15) is 4.31 Å². The molecule has 2 aromatic carbocycles. The molecular weight excluding hydrogens is 436 g/mol. The molecule has 0 saturated carbocycles. The third-order valence-corrected chi connectivity index (χ3v) is 8.70. The molecule has 2 saturated heterocycles. The fourth-order valence-electron chi connectivity index (χ4n) is 4.81. The highest BCUT2D eigenvalue weighted by atomic mass is 35.5. The minimum absolute atomic E-state index is 0.0281. The highest BCUT2D eigenvalue weighted by Crippen LogP contribution is 2.34. The van der Waals surface area contributed by atoms with E-state index < -0.39 is 10.0 Å². The first-order valence-corrected chi connectivity index (χ1v) is 12.3. The van der Waals surface area contributed by atoms with Crippen molar-refractivity contribution in [3.8, 4) is 0 Å². The summed E-state index contributed by atoms with van der Waals surface area (Å²) < 4.78 is 33.8. The number of carbonyl (C=O) groups is 1. The van der Waals surface area contributed by atoms with Crippen LogP contribution in [0.25, 0.3) is 10.8 Å². The SMILES string of the molecule is O=C1OCC2C=CC=CC2N1C1CCN(S(=O)(=O)c2ccc(Cl)c3ccccc23)CC1. The van der Waals surface area contributed by atoms with E-state index in [0.717, 1.165) is 5.39 Å². The molecule has 5 rings (SSSR count). The van der Waals surface area contributed by atoms with Crippen molar-refractivity contribution in [3.05, 3.63) is 65.7 Å². The van der Waals surface area contributed by atoms with E-state index in [4.69, 9.17) is 16.3 Å². The van der Waals surface area contributed by atoms with Gasteiger partial charge in [-0.1, -0.05) is 60.2 Å². The molecule has 2 aromatic rings. The van der Waals surface area contributed by atoms with Crippen molar-refractivity contribution in [1.82, 2.24) is 9.21 Å². The molecule has 2 heterocycles. The molecule has 1 aliphatic carbocycles. The van der Waals surface area contributed by atoms with Crippen LogP contribution in [0.3, 0.4) is 0 Å². The number of amides is 1. The molecule has 2 aliphatic heterocycles. The van der Waals surface area contributed by atoms with Crippen LogP contribution in [0, 0.1) is 5.92 Å². The first kappa shape index (κ1) is 20.5. The van der Waals surface area contributed by atoms with Crippen LogP contribution in [0.15, 0.2) is 65.6 Å². The molecule has 0 radical (unpaired) electrons. The second-order valence-electron chi connectivity index (χ2n) is 8.13. The Morgan fingerprint density at radius 1 is 0.968 bits per heavy atom. The predicted molar refractivity (Wildman–Crippen MR) is 119 cm³/mol. The van der Waals surface area contributed by atoms with Crippen LogP contribution in [-0.2, 0) is 14.8 Å². The third-order valence-electron chi connectivity index (χ3n) is 6.41. The summed E-state index contributed by atoms with van der Waals surface area (Å²) in [6, 6.07) is 10.4. The largest absolute Gasteiger partial charge is 0.449 e. The molecule has 2 unspecified atom stereocenters. The molecule has 0 bridgehead atoms. The molecule has 0 N–H and O–H groups in total. The lowest BCUT2D eigenvalue weighted by atomic mass is 9.91. The summed E-state index contributed by atoms with van der Waals surface area (Å²) in [7, 11) is -3.68. The number of fused-ring (bicyclic) bond motifs is 2. The second-order valence-corrected chi connectivity index (χ2v) is 10.4.